The van der Waals surface area contributed by atoms with Gasteiger partial charge in [-0.15, -0.1) is 0 Å². The number of ketones is 1. The van der Waals surface area contributed by atoms with Gasteiger partial charge < -0.3 is 5.32 Å². The van der Waals surface area contributed by atoms with Crippen molar-refractivity contribution in [3.8, 4) is 0 Å². The van der Waals surface area contributed by atoms with Gasteiger partial charge in [0, 0.05) is 24.6 Å². The van der Waals surface area contributed by atoms with Gasteiger partial charge in [0.2, 0.25) is 5.91 Å². The second-order valence-corrected chi connectivity index (χ2v) is 4.30. The van der Waals surface area contributed by atoms with Gasteiger partial charge in [0.05, 0.1) is 0 Å². The largest absolute Gasteiger partial charge is 0.326 e. The van der Waals surface area contributed by atoms with Crippen LogP contribution in [0.1, 0.15) is 22.8 Å². The molecule has 1 N–H and O–H groups in total. The molecule has 19 heavy (non-hydrogen) atoms. The Bertz CT molecular complexity index is 591. The van der Waals surface area contributed by atoms with Crippen molar-refractivity contribution in [1.82, 2.24) is 0 Å². The molecule has 96 valence electrons. The van der Waals surface area contributed by atoms with E-state index in [2.05, 4.69) is 5.32 Å². The summed E-state index contributed by atoms with van der Waals surface area (Å²) in [5, 5.41) is 2.74. The summed E-state index contributed by atoms with van der Waals surface area (Å²) in [5.74, 6) is -0.0991. The molecule has 3 heteroatoms. The molecule has 0 saturated carbocycles. The van der Waals surface area contributed by atoms with Crippen LogP contribution in [0.15, 0.2) is 54.6 Å². The predicted molar refractivity (Wildman–Crippen MR) is 75.2 cm³/mol. The third-order valence-electron chi connectivity index (χ3n) is 2.77. The predicted octanol–water partition coefficient (Wildman–Crippen LogP) is 3.07. The summed E-state index contributed by atoms with van der Waals surface area (Å²) in [5.41, 5.74) is 2.20. The minimum Gasteiger partial charge on any atom is -0.326 e. The number of nitrogens with one attached hydrogen (secondary N) is 1. The first-order valence-corrected chi connectivity index (χ1v) is 6.10. The van der Waals surface area contributed by atoms with E-state index in [0.29, 0.717) is 11.3 Å². The summed E-state index contributed by atoms with van der Waals surface area (Å²) in [6.45, 7) is 1.45. The van der Waals surface area contributed by atoms with Crippen molar-refractivity contribution in [1.29, 1.82) is 0 Å². The first kappa shape index (κ1) is 13.0. The molecule has 0 saturated heterocycles. The molecule has 2 aromatic carbocycles. The lowest BCUT2D eigenvalue weighted by atomic mass is 10.0. The summed E-state index contributed by atoms with van der Waals surface area (Å²) >= 11 is 0. The van der Waals surface area contributed by atoms with Crippen LogP contribution >= 0.6 is 0 Å². The van der Waals surface area contributed by atoms with E-state index in [1.54, 1.807) is 18.2 Å². The van der Waals surface area contributed by atoms with Crippen molar-refractivity contribution in [2.75, 3.05) is 5.32 Å². The van der Waals surface area contributed by atoms with Gasteiger partial charge in [0.15, 0.2) is 5.78 Å². The number of benzene rings is 2. The third-order valence-corrected chi connectivity index (χ3v) is 2.77. The molecule has 3 nitrogen and oxygen atoms in total. The molecule has 0 aromatic heterocycles. The third kappa shape index (κ3) is 3.52. The van der Waals surface area contributed by atoms with E-state index in [4.69, 9.17) is 0 Å². The Hall–Kier alpha value is -2.42. The molecule has 0 aliphatic rings. The van der Waals surface area contributed by atoms with E-state index >= 15 is 0 Å². The number of anilines is 1. The molecule has 0 radical (unpaired) electrons. The fourth-order valence-electron chi connectivity index (χ4n) is 1.89. The van der Waals surface area contributed by atoms with Crippen LogP contribution in [0.4, 0.5) is 5.69 Å². The van der Waals surface area contributed by atoms with Crippen LogP contribution in [0.3, 0.4) is 0 Å². The first-order valence-electron chi connectivity index (χ1n) is 6.10. The van der Waals surface area contributed by atoms with Crippen LogP contribution < -0.4 is 5.32 Å². The van der Waals surface area contributed by atoms with Crippen LogP contribution in [0.25, 0.3) is 0 Å². The van der Waals surface area contributed by atoms with Gasteiger partial charge in [-0.05, 0) is 11.6 Å². The smallest absolute Gasteiger partial charge is 0.221 e. The molecule has 2 aromatic rings. The number of carbonyl (C=O) groups excluding carboxylic acids is 2. The molecule has 0 fully saturated rings. The Kier molecular flexibility index (Phi) is 4.08. The first-order chi connectivity index (χ1) is 9.16. The number of hydrogen-bond donors (Lipinski definition) is 1. The summed E-state index contributed by atoms with van der Waals surface area (Å²) < 4.78 is 0. The fourth-order valence-corrected chi connectivity index (χ4v) is 1.89. The Labute approximate surface area is 112 Å². The highest BCUT2D eigenvalue weighted by Crippen LogP contribution is 2.17. The van der Waals surface area contributed by atoms with Gasteiger partial charge in [-0.25, -0.2) is 0 Å². The van der Waals surface area contributed by atoms with Crippen molar-refractivity contribution in [2.45, 2.75) is 13.3 Å². The second-order valence-electron chi connectivity index (χ2n) is 4.30. The number of carbonyl (C=O) groups is 2. The second kappa shape index (κ2) is 5.96. The Morgan fingerprint density at radius 1 is 0.947 bits per heavy atom. The van der Waals surface area contributed by atoms with Crippen LogP contribution in [0, 0.1) is 0 Å². The monoisotopic (exact) mass is 253 g/mol. The molecule has 1 amide bonds. The lowest BCUT2D eigenvalue weighted by molar-refractivity contribution is -0.114. The molecule has 0 aliphatic heterocycles. The number of amides is 1. The molecule has 0 spiro atoms. The SMILES string of the molecule is CC(=O)Nc1ccccc1CC(=O)c1ccccc1. The van der Waals surface area contributed by atoms with E-state index < -0.39 is 0 Å². The van der Waals surface area contributed by atoms with Gasteiger partial charge in [0.1, 0.15) is 0 Å². The maximum absolute atomic E-state index is 12.1. The highest BCUT2D eigenvalue weighted by atomic mass is 16.1. The lowest BCUT2D eigenvalue weighted by Gasteiger charge is -2.09. The number of para-hydroxylation sites is 1. The number of rotatable bonds is 4. The van der Waals surface area contributed by atoms with E-state index in [0.717, 1.165) is 5.56 Å². The molecule has 0 heterocycles. The zero-order valence-electron chi connectivity index (χ0n) is 10.7. The minimum atomic E-state index is -0.139. The van der Waals surface area contributed by atoms with Crippen molar-refractivity contribution in [2.24, 2.45) is 0 Å². The zero-order chi connectivity index (χ0) is 13.7. The van der Waals surface area contributed by atoms with Gasteiger partial charge in [-0.1, -0.05) is 48.5 Å². The maximum Gasteiger partial charge on any atom is 0.221 e. The summed E-state index contributed by atoms with van der Waals surface area (Å²) in [6.07, 6.45) is 0.278. The Morgan fingerprint density at radius 2 is 1.58 bits per heavy atom. The molecule has 0 bridgehead atoms. The maximum atomic E-state index is 12.1. The molecule has 0 aliphatic carbocycles. The van der Waals surface area contributed by atoms with Gasteiger partial charge in [-0.2, -0.15) is 0 Å². The summed E-state index contributed by atoms with van der Waals surface area (Å²) in [4.78, 5) is 23.3. The van der Waals surface area contributed by atoms with Gasteiger partial charge >= 0.3 is 0 Å². The molecular weight excluding hydrogens is 238 g/mol. The van der Waals surface area contributed by atoms with E-state index in [1.165, 1.54) is 6.92 Å². The molecule has 0 unspecified atom stereocenters. The average molecular weight is 253 g/mol. The van der Waals surface area contributed by atoms with E-state index in [-0.39, 0.29) is 18.1 Å². The fraction of sp³-hybridized carbons (Fsp3) is 0.125. The van der Waals surface area contributed by atoms with Crippen molar-refractivity contribution >= 4 is 17.4 Å². The van der Waals surface area contributed by atoms with Crippen LogP contribution in [-0.2, 0) is 11.2 Å². The topological polar surface area (TPSA) is 46.2 Å². The van der Waals surface area contributed by atoms with Gasteiger partial charge in [-0.3, -0.25) is 9.59 Å². The van der Waals surface area contributed by atoms with Crippen molar-refractivity contribution in [3.63, 3.8) is 0 Å². The normalized spacial score (nSPS) is 9.95. The van der Waals surface area contributed by atoms with E-state index in [1.807, 2.05) is 36.4 Å². The number of Topliss-reactive ketones (excluding diaryl/α,β-unsaturated/α-hetero) is 1. The van der Waals surface area contributed by atoms with Crippen LogP contribution in [0.5, 0.6) is 0 Å². The molecular formula is C16H15NO2. The molecule has 2 rings (SSSR count). The van der Waals surface area contributed by atoms with Crippen LogP contribution in [0.2, 0.25) is 0 Å². The zero-order valence-corrected chi connectivity index (χ0v) is 10.7. The lowest BCUT2D eigenvalue weighted by Crippen LogP contribution is -2.10. The standard InChI is InChI=1S/C16H15NO2/c1-12(18)17-15-10-6-5-9-14(15)11-16(19)13-7-3-2-4-8-13/h2-10H,11H2,1H3,(H,17,18). The van der Waals surface area contributed by atoms with Crippen molar-refractivity contribution < 1.29 is 9.59 Å². The summed E-state index contributed by atoms with van der Waals surface area (Å²) in [6, 6.07) is 16.5. The molecule has 0 atom stereocenters. The van der Waals surface area contributed by atoms with Crippen molar-refractivity contribution in [3.05, 3.63) is 65.7 Å². The average Bonchev–Trinajstić information content (AvgIpc) is 2.41. The van der Waals surface area contributed by atoms with Crippen LogP contribution in [-0.4, -0.2) is 11.7 Å². The Morgan fingerprint density at radius 3 is 2.26 bits per heavy atom. The van der Waals surface area contributed by atoms with E-state index in [9.17, 15) is 9.59 Å². The quantitative estimate of drug-likeness (QED) is 0.851. The minimum absolute atomic E-state index is 0.0402. The highest BCUT2D eigenvalue weighted by Gasteiger charge is 2.10. The Balaban J connectivity index is 2.19. The highest BCUT2D eigenvalue weighted by molar-refractivity contribution is 5.99. The van der Waals surface area contributed by atoms with Gasteiger partial charge in [0.25, 0.3) is 0 Å². The number of hydrogen-bond acceptors (Lipinski definition) is 2. The summed E-state index contributed by atoms with van der Waals surface area (Å²) in [7, 11) is 0.